The third-order valence-electron chi connectivity index (χ3n) is 6.17. The molecule has 0 bridgehead atoms. The van der Waals surface area contributed by atoms with Crippen molar-refractivity contribution in [3.63, 3.8) is 0 Å². The Hall–Kier alpha value is -3.32. The van der Waals surface area contributed by atoms with Crippen LogP contribution in [0.4, 0.5) is 5.69 Å². The zero-order chi connectivity index (χ0) is 21.2. The molecule has 2 N–H and O–H groups in total. The Morgan fingerprint density at radius 2 is 1.77 bits per heavy atom. The highest BCUT2D eigenvalue weighted by Crippen LogP contribution is 2.24. The minimum atomic E-state index is -0.528. The number of hydrogen-bond acceptors (Lipinski definition) is 4. The van der Waals surface area contributed by atoms with Gasteiger partial charge in [0.1, 0.15) is 6.04 Å². The molecule has 0 aliphatic carbocycles. The van der Waals surface area contributed by atoms with E-state index in [4.69, 9.17) is 4.74 Å². The second-order valence-electron chi connectivity index (χ2n) is 8.08. The highest BCUT2D eigenvalue weighted by Gasteiger charge is 2.35. The number of piperazine rings is 1. The summed E-state index contributed by atoms with van der Waals surface area (Å²) in [5, 5.41) is 3.84. The minimum absolute atomic E-state index is 0.0507. The number of rotatable bonds is 5. The lowest BCUT2D eigenvalue weighted by Crippen LogP contribution is -2.58. The molecule has 7 nitrogen and oxygen atoms in total. The van der Waals surface area contributed by atoms with Crippen molar-refractivity contribution in [2.24, 2.45) is 0 Å². The lowest BCUT2D eigenvalue weighted by Gasteiger charge is -2.35. The summed E-state index contributed by atoms with van der Waals surface area (Å²) in [6.07, 6.45) is 2.42. The first-order chi connectivity index (χ1) is 15.2. The number of amides is 2. The monoisotopic (exact) mass is 418 g/mol. The van der Waals surface area contributed by atoms with Gasteiger partial charge < -0.3 is 24.8 Å². The number of fused-ring (bicyclic) bond motifs is 1. The molecule has 5 rings (SSSR count). The number of H-pyrrole nitrogens is 1. The topological polar surface area (TPSA) is 77.7 Å². The molecule has 7 heteroatoms. The Morgan fingerprint density at radius 1 is 1.00 bits per heavy atom. The molecule has 2 fully saturated rings. The average molecular weight is 418 g/mol. The van der Waals surface area contributed by atoms with Gasteiger partial charge in [0.15, 0.2) is 0 Å². The fourth-order valence-electron chi connectivity index (χ4n) is 4.44. The summed E-state index contributed by atoms with van der Waals surface area (Å²) in [4.78, 5) is 32.7. The number of anilines is 1. The van der Waals surface area contributed by atoms with Gasteiger partial charge >= 0.3 is 0 Å². The zero-order valence-electron chi connectivity index (χ0n) is 17.3. The number of ether oxygens (including phenoxy) is 1. The molecular formula is C24H26N4O3. The molecule has 2 aromatic carbocycles. The third-order valence-corrected chi connectivity index (χ3v) is 6.17. The van der Waals surface area contributed by atoms with Gasteiger partial charge in [0, 0.05) is 48.8 Å². The lowest BCUT2D eigenvalue weighted by atomic mass is 10.0. The van der Waals surface area contributed by atoms with E-state index in [-0.39, 0.29) is 18.4 Å². The summed E-state index contributed by atoms with van der Waals surface area (Å²) in [6, 6.07) is 15.8. The molecule has 31 heavy (non-hydrogen) atoms. The zero-order valence-corrected chi connectivity index (χ0v) is 17.3. The average Bonchev–Trinajstić information content (AvgIpc) is 3.22. The van der Waals surface area contributed by atoms with E-state index >= 15 is 0 Å². The van der Waals surface area contributed by atoms with Crippen molar-refractivity contribution in [3.8, 4) is 0 Å². The largest absolute Gasteiger partial charge is 0.378 e. The maximum absolute atomic E-state index is 12.7. The molecule has 2 aliphatic heterocycles. The summed E-state index contributed by atoms with van der Waals surface area (Å²) in [5.74, 6) is -0.156. The fourth-order valence-corrected chi connectivity index (χ4v) is 4.44. The molecule has 3 heterocycles. The first kappa shape index (κ1) is 19.6. The Kier molecular flexibility index (Phi) is 5.34. The second-order valence-corrected chi connectivity index (χ2v) is 8.08. The fraction of sp³-hybridized carbons (Fsp3) is 0.333. The Bertz CT molecular complexity index is 1090. The number of morpholine rings is 1. The van der Waals surface area contributed by atoms with Crippen LogP contribution in [0.1, 0.15) is 11.1 Å². The molecule has 1 atom stereocenters. The number of hydrogen-bond donors (Lipinski definition) is 2. The predicted molar refractivity (Wildman–Crippen MR) is 119 cm³/mol. The van der Waals surface area contributed by atoms with Crippen molar-refractivity contribution in [2.75, 3.05) is 37.7 Å². The van der Waals surface area contributed by atoms with E-state index in [1.807, 2.05) is 42.6 Å². The maximum Gasteiger partial charge on any atom is 0.243 e. The number of carbonyl (C=O) groups excluding carboxylic acids is 2. The van der Waals surface area contributed by atoms with E-state index < -0.39 is 6.04 Å². The Morgan fingerprint density at radius 3 is 2.58 bits per heavy atom. The Balaban J connectivity index is 1.35. The minimum Gasteiger partial charge on any atom is -0.378 e. The number of nitrogens with one attached hydrogen (secondary N) is 2. The molecule has 0 spiro atoms. The van der Waals surface area contributed by atoms with Crippen LogP contribution in [0.3, 0.4) is 0 Å². The molecule has 0 saturated carbocycles. The molecule has 3 aromatic rings. The van der Waals surface area contributed by atoms with Crippen molar-refractivity contribution >= 4 is 28.4 Å². The highest BCUT2D eigenvalue weighted by atomic mass is 16.5. The first-order valence-corrected chi connectivity index (χ1v) is 10.7. The van der Waals surface area contributed by atoms with Gasteiger partial charge in [-0.1, -0.05) is 30.3 Å². The van der Waals surface area contributed by atoms with Gasteiger partial charge in [0.25, 0.3) is 0 Å². The number of carbonyl (C=O) groups is 2. The lowest BCUT2D eigenvalue weighted by molar-refractivity contribution is -0.146. The van der Waals surface area contributed by atoms with Crippen molar-refractivity contribution in [1.29, 1.82) is 0 Å². The predicted octanol–water partition coefficient (Wildman–Crippen LogP) is 2.07. The van der Waals surface area contributed by atoms with E-state index in [1.54, 1.807) is 4.90 Å². The Labute approximate surface area is 181 Å². The smallest absolute Gasteiger partial charge is 0.243 e. The first-order valence-electron chi connectivity index (χ1n) is 10.7. The van der Waals surface area contributed by atoms with E-state index in [2.05, 4.69) is 27.3 Å². The molecule has 0 radical (unpaired) electrons. The van der Waals surface area contributed by atoms with Crippen LogP contribution in [-0.2, 0) is 27.3 Å². The summed E-state index contributed by atoms with van der Waals surface area (Å²) in [7, 11) is 0. The number of benzene rings is 2. The standard InChI is InChI=1S/C24H26N4O3/c29-23-15-26-24(30)22(13-18-14-25-21-4-2-1-3-20(18)21)28(23)16-17-5-7-19(8-6-17)27-9-11-31-12-10-27/h1-8,14,22,25H,9-13,15-16H2,(H,26,30)/t22-/m0/s1. The van der Waals surface area contributed by atoms with Crippen LogP contribution in [0.5, 0.6) is 0 Å². The van der Waals surface area contributed by atoms with Crippen LogP contribution in [0.25, 0.3) is 10.9 Å². The molecule has 1 aromatic heterocycles. The van der Waals surface area contributed by atoms with Gasteiger partial charge in [-0.15, -0.1) is 0 Å². The number of aromatic amines is 1. The number of aromatic nitrogens is 1. The molecular weight excluding hydrogens is 392 g/mol. The summed E-state index contributed by atoms with van der Waals surface area (Å²) < 4.78 is 5.42. The number of nitrogens with zero attached hydrogens (tertiary/aromatic N) is 2. The SMILES string of the molecule is O=C1NCC(=O)N(Cc2ccc(N3CCOCC3)cc2)[C@H]1Cc1c[nH]c2ccccc12. The van der Waals surface area contributed by atoms with Crippen molar-refractivity contribution in [2.45, 2.75) is 19.0 Å². The van der Waals surface area contributed by atoms with Crippen LogP contribution >= 0.6 is 0 Å². The van der Waals surface area contributed by atoms with Crippen LogP contribution in [0, 0.1) is 0 Å². The van der Waals surface area contributed by atoms with Crippen molar-refractivity contribution < 1.29 is 14.3 Å². The van der Waals surface area contributed by atoms with E-state index in [0.717, 1.165) is 54.0 Å². The molecule has 2 saturated heterocycles. The van der Waals surface area contributed by atoms with Gasteiger partial charge in [-0.25, -0.2) is 0 Å². The van der Waals surface area contributed by atoms with Gasteiger partial charge in [-0.3, -0.25) is 9.59 Å². The normalized spacial score (nSPS) is 19.7. The molecule has 2 aliphatic rings. The molecule has 2 amide bonds. The highest BCUT2D eigenvalue weighted by molar-refractivity contribution is 5.95. The second kappa shape index (κ2) is 8.43. The van der Waals surface area contributed by atoms with Crippen LogP contribution < -0.4 is 10.2 Å². The maximum atomic E-state index is 12.7. The molecule has 0 unspecified atom stereocenters. The quantitative estimate of drug-likeness (QED) is 0.665. The van der Waals surface area contributed by atoms with Gasteiger partial charge in [-0.2, -0.15) is 0 Å². The van der Waals surface area contributed by atoms with Crippen molar-refractivity contribution in [1.82, 2.24) is 15.2 Å². The van der Waals surface area contributed by atoms with Crippen LogP contribution in [0.15, 0.2) is 54.7 Å². The van der Waals surface area contributed by atoms with Gasteiger partial charge in [0.2, 0.25) is 11.8 Å². The van der Waals surface area contributed by atoms with E-state index in [1.165, 1.54) is 0 Å². The van der Waals surface area contributed by atoms with Crippen LogP contribution in [0.2, 0.25) is 0 Å². The van der Waals surface area contributed by atoms with Crippen LogP contribution in [-0.4, -0.2) is 60.6 Å². The summed E-state index contributed by atoms with van der Waals surface area (Å²) in [6.45, 7) is 3.73. The van der Waals surface area contributed by atoms with E-state index in [9.17, 15) is 9.59 Å². The van der Waals surface area contributed by atoms with Gasteiger partial charge in [0.05, 0.1) is 19.8 Å². The van der Waals surface area contributed by atoms with Crippen molar-refractivity contribution in [3.05, 3.63) is 65.9 Å². The van der Waals surface area contributed by atoms with E-state index in [0.29, 0.717) is 13.0 Å². The number of para-hydroxylation sites is 1. The summed E-state index contributed by atoms with van der Waals surface area (Å²) in [5.41, 5.74) is 4.25. The van der Waals surface area contributed by atoms with Gasteiger partial charge in [-0.05, 0) is 29.3 Å². The third kappa shape index (κ3) is 4.01. The summed E-state index contributed by atoms with van der Waals surface area (Å²) >= 11 is 0. The molecule has 160 valence electrons.